The molecule has 7 atom stereocenters. The molecule has 0 aromatic carbocycles. The van der Waals surface area contributed by atoms with Gasteiger partial charge in [0.05, 0.1) is 18.6 Å². The Morgan fingerprint density at radius 3 is 2.57 bits per heavy atom. The molecule has 3 aliphatic rings. The highest BCUT2D eigenvalue weighted by atomic mass is 28.4. The fourth-order valence-electron chi connectivity index (χ4n) is 5.21. The van der Waals surface area contributed by atoms with Crippen LogP contribution < -0.4 is 0 Å². The highest BCUT2D eigenvalue weighted by Crippen LogP contribution is 2.44. The molecule has 0 amide bonds. The van der Waals surface area contributed by atoms with Crippen molar-refractivity contribution >= 4 is 14.3 Å². The molecule has 4 nitrogen and oxygen atoms in total. The predicted octanol–water partition coefficient (Wildman–Crippen LogP) is 5.63. The van der Waals surface area contributed by atoms with Gasteiger partial charge >= 0.3 is 5.97 Å². The molecule has 30 heavy (non-hydrogen) atoms. The molecule has 170 valence electrons. The van der Waals surface area contributed by atoms with Crippen molar-refractivity contribution in [1.29, 1.82) is 0 Å². The van der Waals surface area contributed by atoms with Crippen LogP contribution in [0.15, 0.2) is 23.8 Å². The lowest BCUT2D eigenvalue weighted by Gasteiger charge is -2.43. The van der Waals surface area contributed by atoms with E-state index in [1.165, 1.54) is 5.57 Å². The summed E-state index contributed by atoms with van der Waals surface area (Å²) in [5.41, 5.74) is 1.30. The summed E-state index contributed by atoms with van der Waals surface area (Å²) >= 11 is 0. The number of allylic oxidation sites excluding steroid dienone is 3. The molecule has 1 saturated heterocycles. The SMILES string of the molecule is C[C@H]1C=C2C=C[C@H](C)[C@H](CC[C@@H]3C[C@@H](O[Si](C)(C)C(C)(C)C)CC(=O)O3)[C@H]2[C@@H](O)C1. The smallest absolute Gasteiger partial charge is 0.308 e. The van der Waals surface area contributed by atoms with Gasteiger partial charge in [-0.25, -0.2) is 0 Å². The molecule has 0 spiro atoms. The number of carbonyl (C=O) groups is 1. The first-order chi connectivity index (χ1) is 13.9. The second kappa shape index (κ2) is 8.91. The maximum Gasteiger partial charge on any atom is 0.308 e. The minimum Gasteiger partial charge on any atom is -0.462 e. The molecule has 2 aliphatic carbocycles. The van der Waals surface area contributed by atoms with Crippen LogP contribution in [0, 0.1) is 23.7 Å². The van der Waals surface area contributed by atoms with E-state index >= 15 is 0 Å². The fraction of sp³-hybridized carbons (Fsp3) is 0.800. The zero-order chi connectivity index (χ0) is 22.3. The van der Waals surface area contributed by atoms with Gasteiger partial charge in [0.1, 0.15) is 6.10 Å². The van der Waals surface area contributed by atoms with E-state index in [1.54, 1.807) is 0 Å². The second-order valence-electron chi connectivity index (χ2n) is 11.5. The van der Waals surface area contributed by atoms with Crippen LogP contribution in [0.4, 0.5) is 0 Å². The summed E-state index contributed by atoms with van der Waals surface area (Å²) in [5, 5.41) is 10.9. The van der Waals surface area contributed by atoms with E-state index in [0.717, 1.165) is 25.7 Å². The normalized spacial score (nSPS) is 37.4. The number of aliphatic hydroxyl groups is 1. The molecule has 0 bridgehead atoms. The molecule has 1 N–H and O–H groups in total. The van der Waals surface area contributed by atoms with E-state index in [1.807, 2.05) is 0 Å². The van der Waals surface area contributed by atoms with Gasteiger partial charge < -0.3 is 14.3 Å². The van der Waals surface area contributed by atoms with E-state index in [9.17, 15) is 9.90 Å². The minimum atomic E-state index is -1.91. The van der Waals surface area contributed by atoms with Crippen LogP contribution in [0.2, 0.25) is 18.1 Å². The Kier molecular flexibility index (Phi) is 7.05. The number of rotatable bonds is 5. The summed E-state index contributed by atoms with van der Waals surface area (Å²) in [4.78, 5) is 12.3. The van der Waals surface area contributed by atoms with Crippen molar-refractivity contribution in [3.05, 3.63) is 23.8 Å². The fourth-order valence-corrected chi connectivity index (χ4v) is 6.58. The number of hydrogen-bond acceptors (Lipinski definition) is 4. The van der Waals surface area contributed by atoms with Gasteiger partial charge in [-0.1, -0.05) is 52.8 Å². The van der Waals surface area contributed by atoms with Crippen molar-refractivity contribution < 1.29 is 19.1 Å². The maximum atomic E-state index is 12.3. The van der Waals surface area contributed by atoms with E-state index in [4.69, 9.17) is 9.16 Å². The summed E-state index contributed by atoms with van der Waals surface area (Å²) in [6.07, 6.45) is 10.3. The van der Waals surface area contributed by atoms with Crippen LogP contribution in [0.5, 0.6) is 0 Å². The van der Waals surface area contributed by atoms with Gasteiger partial charge in [-0.15, -0.1) is 0 Å². The van der Waals surface area contributed by atoms with Gasteiger partial charge in [0.25, 0.3) is 0 Å². The molecule has 1 fully saturated rings. The summed E-state index contributed by atoms with van der Waals surface area (Å²) in [7, 11) is -1.91. The number of aliphatic hydroxyl groups excluding tert-OH is 1. The summed E-state index contributed by atoms with van der Waals surface area (Å²) in [6, 6.07) is 0. The second-order valence-corrected chi connectivity index (χ2v) is 16.2. The molecule has 3 rings (SSSR count). The predicted molar refractivity (Wildman–Crippen MR) is 124 cm³/mol. The Hall–Kier alpha value is -0.913. The van der Waals surface area contributed by atoms with Crippen molar-refractivity contribution in [2.75, 3.05) is 0 Å². The van der Waals surface area contributed by atoms with Crippen LogP contribution in [-0.4, -0.2) is 37.7 Å². The monoisotopic (exact) mass is 434 g/mol. The largest absolute Gasteiger partial charge is 0.462 e. The van der Waals surface area contributed by atoms with Crippen LogP contribution in [0.1, 0.15) is 66.7 Å². The molecule has 0 aromatic heterocycles. The van der Waals surface area contributed by atoms with Crippen LogP contribution in [-0.2, 0) is 14.0 Å². The Labute approximate surface area is 184 Å². The van der Waals surface area contributed by atoms with Crippen molar-refractivity contribution in [1.82, 2.24) is 0 Å². The number of ether oxygens (including phenoxy) is 1. The molecule has 0 saturated carbocycles. The van der Waals surface area contributed by atoms with E-state index in [0.29, 0.717) is 24.2 Å². The Morgan fingerprint density at radius 1 is 1.20 bits per heavy atom. The molecule has 1 aliphatic heterocycles. The average Bonchev–Trinajstić information content (AvgIpc) is 2.59. The Bertz CT molecular complexity index is 690. The van der Waals surface area contributed by atoms with Gasteiger partial charge in [0.15, 0.2) is 8.32 Å². The minimum absolute atomic E-state index is 0.0302. The number of carbonyl (C=O) groups excluding carboxylic acids is 1. The third-order valence-electron chi connectivity index (χ3n) is 7.93. The first-order valence-corrected chi connectivity index (χ1v) is 14.7. The quantitative estimate of drug-likeness (QED) is 0.450. The topological polar surface area (TPSA) is 55.8 Å². The first-order valence-electron chi connectivity index (χ1n) is 11.8. The van der Waals surface area contributed by atoms with Crippen molar-refractivity contribution in [3.63, 3.8) is 0 Å². The molecule has 1 heterocycles. The summed E-state index contributed by atoms with van der Waals surface area (Å²) in [6.45, 7) is 15.6. The highest BCUT2D eigenvalue weighted by Gasteiger charge is 2.42. The van der Waals surface area contributed by atoms with E-state index < -0.39 is 8.32 Å². The van der Waals surface area contributed by atoms with Gasteiger partial charge in [-0.3, -0.25) is 4.79 Å². The molecule has 0 unspecified atom stereocenters. The Morgan fingerprint density at radius 2 is 1.90 bits per heavy atom. The van der Waals surface area contributed by atoms with Gasteiger partial charge in [0.2, 0.25) is 0 Å². The zero-order valence-corrected chi connectivity index (χ0v) is 21.0. The molecule has 0 radical (unpaired) electrons. The summed E-state index contributed by atoms with van der Waals surface area (Å²) in [5.74, 6) is 1.33. The number of cyclic esters (lactones) is 1. The third kappa shape index (κ3) is 5.28. The third-order valence-corrected chi connectivity index (χ3v) is 12.5. The number of fused-ring (bicyclic) bond motifs is 1. The number of hydrogen-bond donors (Lipinski definition) is 1. The lowest BCUT2D eigenvalue weighted by molar-refractivity contribution is -0.160. The van der Waals surface area contributed by atoms with Crippen LogP contribution >= 0.6 is 0 Å². The first kappa shape index (κ1) is 23.7. The van der Waals surface area contributed by atoms with Crippen LogP contribution in [0.25, 0.3) is 0 Å². The molecule has 5 heteroatoms. The number of esters is 1. The molecule has 0 aromatic rings. The lowest BCUT2D eigenvalue weighted by Crippen LogP contribution is -2.47. The zero-order valence-electron chi connectivity index (χ0n) is 20.0. The van der Waals surface area contributed by atoms with Gasteiger partial charge in [-0.05, 0) is 60.7 Å². The van der Waals surface area contributed by atoms with Crippen molar-refractivity contribution in [2.45, 2.75) is 103 Å². The van der Waals surface area contributed by atoms with Crippen molar-refractivity contribution in [2.24, 2.45) is 23.7 Å². The average molecular weight is 435 g/mol. The Balaban J connectivity index is 1.64. The van der Waals surface area contributed by atoms with E-state index in [2.05, 4.69) is 65.9 Å². The van der Waals surface area contributed by atoms with Gasteiger partial charge in [0, 0.05) is 12.3 Å². The van der Waals surface area contributed by atoms with Gasteiger partial charge in [-0.2, -0.15) is 0 Å². The van der Waals surface area contributed by atoms with Crippen molar-refractivity contribution in [3.8, 4) is 0 Å². The highest BCUT2D eigenvalue weighted by molar-refractivity contribution is 6.74. The van der Waals surface area contributed by atoms with Crippen LogP contribution in [0.3, 0.4) is 0 Å². The molecular formula is C25H42O4Si. The van der Waals surface area contributed by atoms with E-state index in [-0.39, 0.29) is 35.2 Å². The summed E-state index contributed by atoms with van der Waals surface area (Å²) < 4.78 is 12.3. The molecular weight excluding hydrogens is 392 g/mol. The lowest BCUT2D eigenvalue weighted by atomic mass is 9.65. The maximum absolute atomic E-state index is 12.3. The standard InChI is InChI=1S/C25H42O4Si/c1-16-12-18-9-8-17(2)21(24(18)22(26)13-16)11-10-19-14-20(15-23(27)28-19)29-30(6,7)25(3,4)5/h8-9,12,16-17,19-22,24,26H,10-11,13-15H2,1-7H3/t16-,17-,19+,20+,21-,22-,24-/m0/s1.